The molecule has 0 aliphatic carbocycles. The predicted molar refractivity (Wildman–Crippen MR) is 18.6 cm³/mol. The Labute approximate surface area is 30.7 Å². The van der Waals surface area contributed by atoms with Crippen LogP contribution in [-0.4, -0.2) is 0 Å². The molecule has 0 atom stereocenters. The van der Waals surface area contributed by atoms with Crippen molar-refractivity contribution in [3.05, 3.63) is 12.9 Å². The third kappa shape index (κ3) is 1130. The molecule has 26 valence electrons. The normalized spacial score (nSPS) is 3.25. The van der Waals surface area contributed by atoms with Crippen LogP contribution in [0.25, 0.3) is 0 Å². The number of rotatable bonds is 0. The van der Waals surface area contributed by atoms with Crippen molar-refractivity contribution in [1.29, 1.82) is 0 Å². The fourth-order valence-corrected chi connectivity index (χ4v) is 0. The van der Waals surface area contributed by atoms with E-state index in [-0.39, 0.29) is 18.7 Å². The second kappa shape index (κ2) is 12.3. The molecule has 0 fully saturated rings. The Morgan fingerprint density at radius 3 is 1.75 bits per heavy atom. The van der Waals surface area contributed by atoms with Crippen molar-refractivity contribution in [3.63, 3.8) is 0 Å². The van der Waals surface area contributed by atoms with Crippen LogP contribution >= 0.6 is 12.4 Å². The summed E-state index contributed by atoms with van der Waals surface area (Å²) in [5.74, 6) is 0. The van der Waals surface area contributed by atoms with Gasteiger partial charge < -0.3 is 0 Å². The fourth-order valence-electron chi connectivity index (χ4n) is 0. The average molecular weight is 82.5 g/mol. The Morgan fingerprint density at radius 2 is 1.75 bits per heavy atom. The van der Waals surface area contributed by atoms with Crippen molar-refractivity contribution in [1.82, 2.24) is 0 Å². The lowest BCUT2D eigenvalue weighted by Gasteiger charge is -1.28. The van der Waals surface area contributed by atoms with Crippen molar-refractivity contribution in [3.8, 4) is 0 Å². The van der Waals surface area contributed by atoms with Gasteiger partial charge in [-0.25, -0.2) is 4.39 Å². The van der Waals surface area contributed by atoms with Crippen LogP contribution in [0.4, 0.5) is 4.39 Å². The van der Waals surface area contributed by atoms with Gasteiger partial charge in [0.25, 0.3) is 0 Å². The molecule has 0 nitrogen and oxygen atoms in total. The molecule has 0 spiro atoms. The average Bonchev–Trinajstić information content (AvgIpc) is 0.918. The highest BCUT2D eigenvalue weighted by molar-refractivity contribution is 5.85. The molecule has 0 saturated heterocycles. The molecule has 2 heteroatoms. The molecule has 0 aromatic rings. The molecule has 0 saturated carbocycles. The zero-order chi connectivity index (χ0) is 2.71. The highest BCUT2D eigenvalue weighted by Gasteiger charge is 1.19. The number of halogens is 2. The molecule has 0 unspecified atom stereocenters. The first-order chi connectivity index (χ1) is 1.41. The van der Waals surface area contributed by atoms with Crippen LogP contribution in [0.3, 0.4) is 0 Å². The van der Waals surface area contributed by atoms with Gasteiger partial charge in [-0.3, -0.25) is 0 Å². The maximum atomic E-state index is 10.1. The Balaban J connectivity index is 0. The minimum Gasteiger partial charge on any atom is -0.216 e. The minimum absolute atomic E-state index is 0. The summed E-state index contributed by atoms with van der Waals surface area (Å²) in [6.07, 6.45) is 0.250. The molecular weight excluding hydrogens is 78.5 g/mol. The monoisotopic (exact) mass is 82.0 g/mol. The van der Waals surface area contributed by atoms with Crippen LogP contribution in [0.1, 0.15) is 0 Å². The SMILES string of the molecule is C=CF.Cl. The third-order valence-corrected chi connectivity index (χ3v) is 0. The molecule has 0 aliphatic heterocycles. The molecule has 0 bridgehead atoms. The number of hydrogen-bond donors (Lipinski definition) is 0. The molecule has 0 amide bonds. The van der Waals surface area contributed by atoms with E-state index in [1.165, 1.54) is 0 Å². The maximum Gasteiger partial charge on any atom is 0.0795 e. The van der Waals surface area contributed by atoms with E-state index in [1.807, 2.05) is 0 Å². The summed E-state index contributed by atoms with van der Waals surface area (Å²) in [6, 6.07) is 0. The van der Waals surface area contributed by atoms with E-state index in [0.717, 1.165) is 0 Å². The van der Waals surface area contributed by atoms with E-state index in [1.54, 1.807) is 0 Å². The summed E-state index contributed by atoms with van der Waals surface area (Å²) in [6.45, 7) is 2.69. The largest absolute Gasteiger partial charge is 0.216 e. The summed E-state index contributed by atoms with van der Waals surface area (Å²) in [7, 11) is 0. The maximum absolute atomic E-state index is 10.1. The summed E-state index contributed by atoms with van der Waals surface area (Å²) in [5.41, 5.74) is 0. The Hall–Kier alpha value is -0.0400. The van der Waals surface area contributed by atoms with E-state index in [9.17, 15) is 4.39 Å². The Bertz CT molecular complexity index is 13.5. The second-order valence-corrected chi connectivity index (χ2v) is 0.154. The second-order valence-electron chi connectivity index (χ2n) is 0.154. The first-order valence-corrected chi connectivity index (χ1v) is 0.626. The summed E-state index contributed by atoms with van der Waals surface area (Å²) in [5, 5.41) is 0. The Kier molecular flexibility index (Phi) is 27.9. The quantitative estimate of drug-likeness (QED) is 0.416. The summed E-state index contributed by atoms with van der Waals surface area (Å²) < 4.78 is 10.1. The molecule has 0 aromatic carbocycles. The van der Waals surface area contributed by atoms with E-state index in [4.69, 9.17) is 0 Å². The van der Waals surface area contributed by atoms with E-state index in [0.29, 0.717) is 0 Å². The van der Waals surface area contributed by atoms with Gasteiger partial charge >= 0.3 is 0 Å². The Morgan fingerprint density at radius 1 is 1.75 bits per heavy atom. The smallest absolute Gasteiger partial charge is 0.0795 e. The van der Waals surface area contributed by atoms with Crippen molar-refractivity contribution in [2.75, 3.05) is 0 Å². The van der Waals surface area contributed by atoms with Gasteiger partial charge in [0.2, 0.25) is 0 Å². The van der Waals surface area contributed by atoms with Crippen molar-refractivity contribution >= 4 is 12.4 Å². The van der Waals surface area contributed by atoms with Gasteiger partial charge in [0.05, 0.1) is 6.33 Å². The van der Waals surface area contributed by atoms with Gasteiger partial charge in [-0.1, -0.05) is 6.58 Å². The lowest BCUT2D eigenvalue weighted by molar-refractivity contribution is 0.725. The minimum atomic E-state index is 0. The first-order valence-electron chi connectivity index (χ1n) is 0.626. The van der Waals surface area contributed by atoms with E-state index in [2.05, 4.69) is 6.58 Å². The van der Waals surface area contributed by atoms with Crippen LogP contribution in [0.5, 0.6) is 0 Å². The number of hydrogen-bond acceptors (Lipinski definition) is 0. The molecule has 0 radical (unpaired) electrons. The zero-order valence-corrected chi connectivity index (χ0v) is 2.89. The van der Waals surface area contributed by atoms with Gasteiger partial charge in [0.1, 0.15) is 0 Å². The first kappa shape index (κ1) is 9.03. The van der Waals surface area contributed by atoms with Gasteiger partial charge in [-0.15, -0.1) is 12.4 Å². The van der Waals surface area contributed by atoms with Gasteiger partial charge in [0, 0.05) is 0 Å². The summed E-state index contributed by atoms with van der Waals surface area (Å²) in [4.78, 5) is 0. The van der Waals surface area contributed by atoms with Gasteiger partial charge in [-0.05, 0) is 0 Å². The van der Waals surface area contributed by atoms with Crippen LogP contribution in [0.15, 0.2) is 12.9 Å². The third-order valence-electron chi connectivity index (χ3n) is 0. The predicted octanol–water partition coefficient (Wildman–Crippen LogP) is 1.52. The fraction of sp³-hybridized carbons (Fsp3) is 0. The lowest BCUT2D eigenvalue weighted by atomic mass is 11.2. The highest BCUT2D eigenvalue weighted by Crippen LogP contribution is 1.48. The van der Waals surface area contributed by atoms with Gasteiger partial charge in [0.15, 0.2) is 0 Å². The standard InChI is InChI=1S/C2H3F.ClH/c1-2-3;/h2H,1H2;1H. The molecule has 0 rings (SSSR count). The van der Waals surface area contributed by atoms with Crippen LogP contribution < -0.4 is 0 Å². The van der Waals surface area contributed by atoms with Crippen LogP contribution in [0, 0.1) is 0 Å². The van der Waals surface area contributed by atoms with E-state index < -0.39 is 0 Å². The molecular formula is C2H4ClF. The van der Waals surface area contributed by atoms with Crippen molar-refractivity contribution in [2.45, 2.75) is 0 Å². The molecule has 0 aromatic heterocycles. The lowest BCUT2D eigenvalue weighted by Crippen LogP contribution is -0.990. The molecule has 4 heavy (non-hydrogen) atoms. The van der Waals surface area contributed by atoms with Crippen LogP contribution in [-0.2, 0) is 0 Å². The molecule has 0 N–H and O–H groups in total. The van der Waals surface area contributed by atoms with E-state index >= 15 is 0 Å². The highest BCUT2D eigenvalue weighted by atomic mass is 35.5. The van der Waals surface area contributed by atoms with Crippen LogP contribution in [0.2, 0.25) is 0 Å². The molecule has 0 aliphatic rings. The van der Waals surface area contributed by atoms with Gasteiger partial charge in [-0.2, -0.15) is 0 Å². The van der Waals surface area contributed by atoms with Crippen molar-refractivity contribution < 1.29 is 4.39 Å². The summed E-state index contributed by atoms with van der Waals surface area (Å²) >= 11 is 0. The van der Waals surface area contributed by atoms with Crippen molar-refractivity contribution in [2.24, 2.45) is 0 Å². The topological polar surface area (TPSA) is 0 Å². The zero-order valence-electron chi connectivity index (χ0n) is 2.07. The molecule has 0 heterocycles.